The number of anilines is 3. The zero-order valence-electron chi connectivity index (χ0n) is 34.3. The van der Waals surface area contributed by atoms with E-state index in [0.717, 1.165) is 23.5 Å². The van der Waals surface area contributed by atoms with Crippen molar-refractivity contribution in [2.75, 3.05) is 4.90 Å². The number of rotatable bonds is 7. The minimum absolute atomic E-state index is 0.0118. The summed E-state index contributed by atoms with van der Waals surface area (Å²) in [6.07, 6.45) is 5.75. The molecule has 3 heteroatoms. The first-order valence-corrected chi connectivity index (χ1v) is 23.0. The molecule has 0 amide bonds. The van der Waals surface area contributed by atoms with E-state index in [0.29, 0.717) is 0 Å². The predicted molar refractivity (Wildman–Crippen MR) is 269 cm³/mol. The predicted octanol–water partition coefficient (Wildman–Crippen LogP) is 17.4. The van der Waals surface area contributed by atoms with E-state index in [1.807, 2.05) is 23.1 Å². The minimum atomic E-state index is -0.0118. The average molecular weight is 828 g/mol. The van der Waals surface area contributed by atoms with Gasteiger partial charge in [0.2, 0.25) is 0 Å². The molecule has 1 aliphatic carbocycles. The molecule has 0 saturated carbocycles. The molecule has 12 rings (SSSR count). The van der Waals surface area contributed by atoms with Crippen LogP contribution in [0.3, 0.4) is 0 Å². The monoisotopic (exact) mass is 827 g/mol. The molecule has 62 heavy (non-hydrogen) atoms. The summed E-state index contributed by atoms with van der Waals surface area (Å²) in [7, 11) is 0. The van der Waals surface area contributed by atoms with Crippen LogP contribution in [0.4, 0.5) is 17.1 Å². The van der Waals surface area contributed by atoms with E-state index in [1.54, 1.807) is 0 Å². The van der Waals surface area contributed by atoms with Gasteiger partial charge in [0.25, 0.3) is 0 Å². The third-order valence-electron chi connectivity index (χ3n) is 12.7. The largest absolute Gasteiger partial charge is 0.310 e. The maximum atomic E-state index is 2.49. The van der Waals surface area contributed by atoms with Gasteiger partial charge in [0, 0.05) is 46.8 Å². The fourth-order valence-electron chi connectivity index (χ4n) is 10.0. The molecule has 0 N–H and O–H groups in total. The van der Waals surface area contributed by atoms with Crippen LogP contribution in [-0.2, 0) is 0 Å². The standard InChI is InChI=1S/C59H41NS2/c1-59-36-16-31-47(58(59)51-27-7-10-34-54(51)62-59)42-22-12-24-44(38-42)60(43-23-11-21-41(37-43)46-29-15-35-55-57(46)50-26-6-9-33-53(50)61-55)52-32-8-5-25-48(52)49-30-14-20-40-19-13-28-45(56(40)49)39-17-3-2-4-18-39/h2-35,37-38H,36H2,1H3. The first-order valence-electron chi connectivity index (χ1n) is 21.4. The van der Waals surface area contributed by atoms with E-state index in [4.69, 9.17) is 0 Å². The number of allylic oxidation sites excluding steroid dienone is 3. The summed E-state index contributed by atoms with van der Waals surface area (Å²) in [4.78, 5) is 3.86. The molecule has 294 valence electrons. The molecule has 2 heterocycles. The van der Waals surface area contributed by atoms with Crippen molar-refractivity contribution < 1.29 is 0 Å². The average Bonchev–Trinajstić information content (AvgIpc) is 3.87. The Bertz CT molecular complexity index is 3440. The van der Waals surface area contributed by atoms with Crippen molar-refractivity contribution >= 4 is 82.3 Å². The molecule has 0 saturated heterocycles. The van der Waals surface area contributed by atoms with Crippen LogP contribution in [-0.4, -0.2) is 4.75 Å². The Morgan fingerprint density at radius 1 is 0.468 bits per heavy atom. The zero-order chi connectivity index (χ0) is 41.2. The lowest BCUT2D eigenvalue weighted by molar-refractivity contribution is 0.831. The maximum absolute atomic E-state index is 2.49. The van der Waals surface area contributed by atoms with Crippen molar-refractivity contribution in [3.63, 3.8) is 0 Å². The first kappa shape index (κ1) is 36.9. The Kier molecular flexibility index (Phi) is 8.88. The lowest BCUT2D eigenvalue weighted by Gasteiger charge is -2.31. The van der Waals surface area contributed by atoms with Crippen LogP contribution < -0.4 is 4.90 Å². The second kappa shape index (κ2) is 14.9. The molecule has 0 spiro atoms. The van der Waals surface area contributed by atoms with Gasteiger partial charge < -0.3 is 4.90 Å². The molecule has 0 bridgehead atoms. The highest BCUT2D eigenvalue weighted by molar-refractivity contribution is 8.01. The summed E-state index contributed by atoms with van der Waals surface area (Å²) >= 11 is 3.88. The fourth-order valence-corrected chi connectivity index (χ4v) is 12.6. The summed E-state index contributed by atoms with van der Waals surface area (Å²) in [6.45, 7) is 2.42. The molecule has 0 fully saturated rings. The summed E-state index contributed by atoms with van der Waals surface area (Å²) in [5.41, 5.74) is 15.9. The SMILES string of the molecule is CC12CC=CC(c3cccc(N(c4cccc(-c5cccc6sc7ccccc7c56)c4)c4ccccc4-c4cccc5cccc(-c6ccccc6)c45)c3)=C1c1ccccc1S2. The smallest absolute Gasteiger partial charge is 0.0540 e. The fraction of sp³-hybridized carbons (Fsp3) is 0.0508. The molecular weight excluding hydrogens is 787 g/mol. The summed E-state index contributed by atoms with van der Waals surface area (Å²) in [6, 6.07) is 76.2. The number of hydrogen-bond acceptors (Lipinski definition) is 3. The van der Waals surface area contributed by atoms with Gasteiger partial charge in [0.05, 0.1) is 5.69 Å². The second-order valence-electron chi connectivity index (χ2n) is 16.5. The minimum Gasteiger partial charge on any atom is -0.310 e. The third-order valence-corrected chi connectivity index (χ3v) is 15.3. The van der Waals surface area contributed by atoms with Crippen molar-refractivity contribution in [2.45, 2.75) is 23.0 Å². The molecular formula is C59H41NS2. The van der Waals surface area contributed by atoms with Gasteiger partial charge in [-0.1, -0.05) is 170 Å². The number of fused-ring (bicyclic) bond motifs is 7. The van der Waals surface area contributed by atoms with Gasteiger partial charge >= 0.3 is 0 Å². The number of benzene rings is 9. The Balaban J connectivity index is 1.10. The van der Waals surface area contributed by atoms with Gasteiger partial charge in [-0.15, -0.1) is 23.1 Å². The second-order valence-corrected chi connectivity index (χ2v) is 19.2. The highest BCUT2D eigenvalue weighted by atomic mass is 32.2. The van der Waals surface area contributed by atoms with Crippen molar-refractivity contribution in [1.29, 1.82) is 0 Å². The van der Waals surface area contributed by atoms with E-state index in [9.17, 15) is 0 Å². The van der Waals surface area contributed by atoms with E-state index < -0.39 is 0 Å². The van der Waals surface area contributed by atoms with E-state index in [1.165, 1.54) is 91.5 Å². The Labute approximate surface area is 371 Å². The third kappa shape index (κ3) is 6.07. The van der Waals surface area contributed by atoms with Crippen LogP contribution in [0.2, 0.25) is 0 Å². The lowest BCUT2D eigenvalue weighted by Crippen LogP contribution is -2.20. The summed E-state index contributed by atoms with van der Waals surface area (Å²) in [5.74, 6) is 0. The number of para-hydroxylation sites is 1. The van der Waals surface area contributed by atoms with Crippen LogP contribution in [0.25, 0.3) is 75.5 Å². The van der Waals surface area contributed by atoms with Gasteiger partial charge in [-0.3, -0.25) is 0 Å². The maximum Gasteiger partial charge on any atom is 0.0540 e. The van der Waals surface area contributed by atoms with E-state index in [-0.39, 0.29) is 4.75 Å². The molecule has 1 aliphatic heterocycles. The Morgan fingerprint density at radius 2 is 1.06 bits per heavy atom. The van der Waals surface area contributed by atoms with Crippen LogP contribution in [0, 0.1) is 0 Å². The van der Waals surface area contributed by atoms with Crippen LogP contribution in [0.15, 0.2) is 223 Å². The van der Waals surface area contributed by atoms with Crippen LogP contribution in [0.1, 0.15) is 24.5 Å². The summed E-state index contributed by atoms with van der Waals surface area (Å²) in [5, 5.41) is 5.10. The Morgan fingerprint density at radius 3 is 1.90 bits per heavy atom. The normalized spacial score (nSPS) is 15.6. The van der Waals surface area contributed by atoms with Gasteiger partial charge in [0.15, 0.2) is 0 Å². The molecule has 1 nitrogen and oxygen atoms in total. The van der Waals surface area contributed by atoms with E-state index in [2.05, 4.69) is 230 Å². The zero-order valence-corrected chi connectivity index (χ0v) is 35.9. The van der Waals surface area contributed by atoms with Crippen molar-refractivity contribution in [2.24, 2.45) is 0 Å². The van der Waals surface area contributed by atoms with Gasteiger partial charge in [0.1, 0.15) is 0 Å². The van der Waals surface area contributed by atoms with Crippen molar-refractivity contribution in [3.05, 3.63) is 230 Å². The topological polar surface area (TPSA) is 3.24 Å². The molecule has 0 radical (unpaired) electrons. The molecule has 10 aromatic rings. The van der Waals surface area contributed by atoms with Gasteiger partial charge in [-0.25, -0.2) is 0 Å². The van der Waals surface area contributed by atoms with Crippen LogP contribution in [0.5, 0.6) is 0 Å². The van der Waals surface area contributed by atoms with Gasteiger partial charge in [-0.05, 0) is 123 Å². The van der Waals surface area contributed by atoms with Gasteiger partial charge in [-0.2, -0.15) is 0 Å². The lowest BCUT2D eigenvalue weighted by atomic mass is 9.81. The molecule has 2 aliphatic rings. The Hall–Kier alpha value is -6.91. The number of hydrogen-bond donors (Lipinski definition) is 0. The van der Waals surface area contributed by atoms with Crippen molar-refractivity contribution in [3.8, 4) is 33.4 Å². The number of nitrogens with zero attached hydrogens (tertiary/aromatic N) is 1. The molecule has 1 atom stereocenters. The quantitative estimate of drug-likeness (QED) is 0.157. The highest BCUT2D eigenvalue weighted by Gasteiger charge is 2.41. The van der Waals surface area contributed by atoms with Crippen LogP contribution >= 0.6 is 23.1 Å². The molecule has 1 unspecified atom stereocenters. The van der Waals surface area contributed by atoms with Crippen molar-refractivity contribution in [1.82, 2.24) is 0 Å². The molecule has 9 aromatic carbocycles. The number of thioether (sulfide) groups is 1. The van der Waals surface area contributed by atoms with E-state index >= 15 is 0 Å². The summed E-state index contributed by atoms with van der Waals surface area (Å²) < 4.78 is 2.61. The number of thiophene rings is 1. The molecule has 1 aromatic heterocycles. The highest BCUT2D eigenvalue weighted by Crippen LogP contribution is 2.59. The first-order chi connectivity index (χ1) is 30.6.